The van der Waals surface area contributed by atoms with Crippen LogP contribution >= 0.6 is 0 Å². The molecule has 0 aromatic carbocycles. The Hall–Kier alpha value is -0.700. The van der Waals surface area contributed by atoms with Gasteiger partial charge in [0.1, 0.15) is 0 Å². The molecule has 0 N–H and O–H groups in total. The third kappa shape index (κ3) is 3.74. The molecule has 0 radical (unpaired) electrons. The maximum atomic E-state index is 3.33. The van der Waals surface area contributed by atoms with Gasteiger partial charge in [0.25, 0.3) is 0 Å². The summed E-state index contributed by atoms with van der Waals surface area (Å²) in [6.45, 7) is 6.92. The Bertz CT molecular complexity index is 261. The van der Waals surface area contributed by atoms with Crippen LogP contribution in [-0.2, 0) is 0 Å². The summed E-state index contributed by atoms with van der Waals surface area (Å²) in [5.41, 5.74) is 1.65. The van der Waals surface area contributed by atoms with Gasteiger partial charge in [-0.3, -0.25) is 0 Å². The van der Waals surface area contributed by atoms with Crippen LogP contribution in [0.1, 0.15) is 59.3 Å². The van der Waals surface area contributed by atoms with Crippen LogP contribution in [0, 0.1) is 23.7 Å². The van der Waals surface area contributed by atoms with Crippen LogP contribution in [0.5, 0.6) is 0 Å². The predicted molar refractivity (Wildman–Crippen MR) is 67.6 cm³/mol. The minimum absolute atomic E-state index is 0.733. The average Bonchev–Trinajstić information content (AvgIpc) is 2.45. The van der Waals surface area contributed by atoms with Gasteiger partial charge in [-0.05, 0) is 31.1 Å². The fraction of sp³-hybridized carbons (Fsp3) is 0.733. The van der Waals surface area contributed by atoms with Crippen molar-refractivity contribution in [2.24, 2.45) is 11.8 Å². The van der Waals surface area contributed by atoms with Crippen molar-refractivity contribution in [1.82, 2.24) is 0 Å². The smallest absolute Gasteiger partial charge is 0.0157 e. The summed E-state index contributed by atoms with van der Waals surface area (Å²) in [7, 11) is 0. The van der Waals surface area contributed by atoms with Gasteiger partial charge in [0, 0.05) is 12.8 Å². The van der Waals surface area contributed by atoms with Crippen molar-refractivity contribution < 1.29 is 0 Å². The first-order valence-corrected chi connectivity index (χ1v) is 6.44. The van der Waals surface area contributed by atoms with Crippen LogP contribution in [0.25, 0.3) is 0 Å². The molecule has 0 heterocycles. The van der Waals surface area contributed by atoms with Gasteiger partial charge in [0.2, 0.25) is 0 Å². The molecule has 0 spiro atoms. The Kier molecular flexibility index (Phi) is 5.54. The summed E-state index contributed by atoms with van der Waals surface area (Å²) in [4.78, 5) is 0. The summed E-state index contributed by atoms with van der Waals surface area (Å²) in [5.74, 6) is 8.13. The lowest BCUT2D eigenvalue weighted by Crippen LogP contribution is -2.13. The minimum Gasteiger partial charge on any atom is -0.103 e. The summed E-state index contributed by atoms with van der Waals surface area (Å²) < 4.78 is 0. The monoisotopic (exact) mass is 204 g/mol. The Balaban J connectivity index is 2.69. The van der Waals surface area contributed by atoms with E-state index in [1.807, 2.05) is 0 Å². The van der Waals surface area contributed by atoms with Gasteiger partial charge >= 0.3 is 0 Å². The third-order valence-electron chi connectivity index (χ3n) is 3.44. The quantitative estimate of drug-likeness (QED) is 0.465. The Morgan fingerprint density at radius 3 is 2.80 bits per heavy atom. The molecule has 0 nitrogen and oxygen atoms in total. The molecule has 2 atom stereocenters. The van der Waals surface area contributed by atoms with Crippen LogP contribution in [-0.4, -0.2) is 0 Å². The maximum absolute atomic E-state index is 3.33. The zero-order valence-electron chi connectivity index (χ0n) is 10.5. The first-order valence-electron chi connectivity index (χ1n) is 6.44. The highest BCUT2D eigenvalue weighted by Crippen LogP contribution is 2.31. The molecule has 0 amide bonds. The number of allylic oxidation sites excluding steroid dienone is 2. The molecular weight excluding hydrogens is 180 g/mol. The van der Waals surface area contributed by atoms with Crippen molar-refractivity contribution in [2.75, 3.05) is 0 Å². The number of hydrogen-bond donors (Lipinski definition) is 0. The van der Waals surface area contributed by atoms with E-state index in [9.17, 15) is 0 Å². The molecule has 1 aliphatic rings. The molecule has 0 saturated heterocycles. The second-order valence-electron chi connectivity index (χ2n) is 4.60. The van der Waals surface area contributed by atoms with Gasteiger partial charge in [0.05, 0.1) is 0 Å². The van der Waals surface area contributed by atoms with Gasteiger partial charge in [-0.25, -0.2) is 0 Å². The van der Waals surface area contributed by atoms with Crippen LogP contribution < -0.4 is 0 Å². The van der Waals surface area contributed by atoms with Crippen molar-refractivity contribution in [1.29, 1.82) is 0 Å². The summed E-state index contributed by atoms with van der Waals surface area (Å²) >= 11 is 0. The molecule has 0 aromatic rings. The summed E-state index contributed by atoms with van der Waals surface area (Å²) in [6, 6.07) is 0. The zero-order valence-corrected chi connectivity index (χ0v) is 10.5. The van der Waals surface area contributed by atoms with E-state index in [1.165, 1.54) is 25.7 Å². The molecule has 0 aliphatic heterocycles. The van der Waals surface area contributed by atoms with Gasteiger partial charge < -0.3 is 0 Å². The molecule has 84 valence electrons. The number of rotatable bonds is 4. The zero-order chi connectivity index (χ0) is 11.1. The fourth-order valence-electron chi connectivity index (χ4n) is 2.36. The molecule has 0 bridgehead atoms. The molecule has 0 aromatic heterocycles. The maximum Gasteiger partial charge on any atom is 0.0157 e. The average molecular weight is 204 g/mol. The lowest BCUT2D eigenvalue weighted by molar-refractivity contribution is 0.392. The van der Waals surface area contributed by atoms with Crippen molar-refractivity contribution in [3.63, 3.8) is 0 Å². The van der Waals surface area contributed by atoms with Crippen LogP contribution in [0.2, 0.25) is 0 Å². The van der Waals surface area contributed by atoms with E-state index >= 15 is 0 Å². The van der Waals surface area contributed by atoms with E-state index in [-0.39, 0.29) is 0 Å². The molecular formula is C15H24. The first kappa shape index (κ1) is 12.4. The normalized spacial score (nSPS) is 26.7. The standard InChI is InChI=1S/C15H24/c1-4-6-11-14(5-2)15-12-9-7-8-10-13(15)3/h11,13,15H,4-6,8,10,12H2,1-3H3. The van der Waals surface area contributed by atoms with Gasteiger partial charge in [-0.2, -0.15) is 0 Å². The highest BCUT2D eigenvalue weighted by Gasteiger charge is 2.20. The second kappa shape index (κ2) is 6.72. The van der Waals surface area contributed by atoms with Gasteiger partial charge in [0.15, 0.2) is 0 Å². The Labute approximate surface area is 95.2 Å². The SMILES string of the molecule is CCCC=C(CC)C1CC#CCCC1C. The highest BCUT2D eigenvalue weighted by molar-refractivity contribution is 5.14. The Morgan fingerprint density at radius 2 is 2.13 bits per heavy atom. The molecule has 1 aliphatic carbocycles. The minimum atomic E-state index is 0.733. The molecule has 0 fully saturated rings. The van der Waals surface area contributed by atoms with Crippen molar-refractivity contribution in [2.45, 2.75) is 59.3 Å². The van der Waals surface area contributed by atoms with Crippen LogP contribution in [0.15, 0.2) is 11.6 Å². The molecule has 0 heteroatoms. The summed E-state index contributed by atoms with van der Waals surface area (Å²) in [6.07, 6.45) is 9.63. The van der Waals surface area contributed by atoms with Gasteiger partial charge in [-0.1, -0.05) is 38.8 Å². The van der Waals surface area contributed by atoms with Gasteiger partial charge in [-0.15, -0.1) is 11.8 Å². The lowest BCUT2D eigenvalue weighted by atomic mass is 9.81. The highest BCUT2D eigenvalue weighted by atomic mass is 14.2. The lowest BCUT2D eigenvalue weighted by Gasteiger charge is -2.23. The van der Waals surface area contributed by atoms with Crippen LogP contribution in [0.4, 0.5) is 0 Å². The van der Waals surface area contributed by atoms with E-state index in [1.54, 1.807) is 5.57 Å². The predicted octanol–water partition coefficient (Wildman–Crippen LogP) is 4.56. The van der Waals surface area contributed by atoms with E-state index in [4.69, 9.17) is 0 Å². The second-order valence-corrected chi connectivity index (χ2v) is 4.60. The van der Waals surface area contributed by atoms with E-state index in [0.717, 1.165) is 24.7 Å². The largest absolute Gasteiger partial charge is 0.103 e. The molecule has 2 unspecified atom stereocenters. The molecule has 1 rings (SSSR count). The van der Waals surface area contributed by atoms with E-state index in [0.29, 0.717) is 0 Å². The van der Waals surface area contributed by atoms with Crippen molar-refractivity contribution in [3.05, 3.63) is 11.6 Å². The number of hydrogen-bond acceptors (Lipinski definition) is 0. The summed E-state index contributed by atoms with van der Waals surface area (Å²) in [5, 5.41) is 0. The first-order chi connectivity index (χ1) is 7.29. The Morgan fingerprint density at radius 1 is 1.33 bits per heavy atom. The topological polar surface area (TPSA) is 0 Å². The molecule has 0 saturated carbocycles. The van der Waals surface area contributed by atoms with Crippen molar-refractivity contribution in [3.8, 4) is 11.8 Å². The van der Waals surface area contributed by atoms with E-state index < -0.39 is 0 Å². The third-order valence-corrected chi connectivity index (χ3v) is 3.44. The van der Waals surface area contributed by atoms with Crippen molar-refractivity contribution >= 4 is 0 Å². The molecule has 15 heavy (non-hydrogen) atoms. The fourth-order valence-corrected chi connectivity index (χ4v) is 2.36. The van der Waals surface area contributed by atoms with Crippen LogP contribution in [0.3, 0.4) is 0 Å². The number of unbranched alkanes of at least 4 members (excludes halogenated alkanes) is 1. The van der Waals surface area contributed by atoms with E-state index in [2.05, 4.69) is 38.7 Å².